The Hall–Kier alpha value is -1.62. The first kappa shape index (κ1) is 12.4. The summed E-state index contributed by atoms with van der Waals surface area (Å²) < 4.78 is 9.02. The van der Waals surface area contributed by atoms with E-state index in [0.717, 1.165) is 0 Å². The van der Waals surface area contributed by atoms with Gasteiger partial charge in [-0.3, -0.25) is 0 Å². The fourth-order valence-electron chi connectivity index (χ4n) is 1.08. The van der Waals surface area contributed by atoms with Crippen molar-refractivity contribution in [2.75, 3.05) is 14.2 Å². The summed E-state index contributed by atoms with van der Waals surface area (Å²) in [4.78, 5) is 26.3. The molecule has 0 aliphatic rings. The molecular formula is C10H10ClNO4. The van der Waals surface area contributed by atoms with Crippen LogP contribution in [0.4, 0.5) is 0 Å². The zero-order chi connectivity index (χ0) is 12.1. The maximum atomic E-state index is 11.3. The zero-order valence-electron chi connectivity index (χ0n) is 8.82. The SMILES string of the molecule is COC(=O)c1cc(CCl)cc(C(=O)OC)n1. The molecule has 1 aromatic rings. The second kappa shape index (κ2) is 5.46. The molecule has 0 bridgehead atoms. The van der Waals surface area contributed by atoms with Gasteiger partial charge in [0.2, 0.25) is 0 Å². The number of methoxy groups -OCH3 is 2. The highest BCUT2D eigenvalue weighted by atomic mass is 35.5. The van der Waals surface area contributed by atoms with Crippen molar-refractivity contribution in [2.45, 2.75) is 5.88 Å². The molecule has 0 spiro atoms. The summed E-state index contributed by atoms with van der Waals surface area (Å²) in [5.41, 5.74) is 0.652. The van der Waals surface area contributed by atoms with Crippen molar-refractivity contribution < 1.29 is 19.1 Å². The maximum Gasteiger partial charge on any atom is 0.356 e. The average molecular weight is 244 g/mol. The summed E-state index contributed by atoms with van der Waals surface area (Å²) in [7, 11) is 2.46. The predicted molar refractivity (Wildman–Crippen MR) is 56.5 cm³/mol. The number of alkyl halides is 1. The predicted octanol–water partition coefficient (Wildman–Crippen LogP) is 1.39. The molecule has 0 unspecified atom stereocenters. The van der Waals surface area contributed by atoms with E-state index in [1.807, 2.05) is 0 Å². The molecule has 1 heterocycles. The van der Waals surface area contributed by atoms with Gasteiger partial charge in [-0.15, -0.1) is 11.6 Å². The number of ether oxygens (including phenoxy) is 2. The van der Waals surface area contributed by atoms with E-state index in [4.69, 9.17) is 11.6 Å². The third-order valence-corrected chi connectivity index (χ3v) is 2.14. The Bertz CT molecular complexity index is 385. The molecule has 1 aromatic heterocycles. The van der Waals surface area contributed by atoms with Gasteiger partial charge in [-0.05, 0) is 17.7 Å². The number of hydrogen-bond acceptors (Lipinski definition) is 5. The minimum Gasteiger partial charge on any atom is -0.464 e. The van der Waals surface area contributed by atoms with Gasteiger partial charge in [0, 0.05) is 5.88 Å². The maximum absolute atomic E-state index is 11.3. The molecule has 86 valence electrons. The summed E-state index contributed by atoms with van der Waals surface area (Å²) in [5, 5.41) is 0. The highest BCUT2D eigenvalue weighted by molar-refractivity contribution is 6.17. The third-order valence-electron chi connectivity index (χ3n) is 1.83. The van der Waals surface area contributed by atoms with Crippen molar-refractivity contribution in [1.82, 2.24) is 4.98 Å². The fourth-order valence-corrected chi connectivity index (χ4v) is 1.24. The van der Waals surface area contributed by atoms with Gasteiger partial charge < -0.3 is 9.47 Å². The molecule has 0 saturated carbocycles. The van der Waals surface area contributed by atoms with Crippen molar-refractivity contribution in [1.29, 1.82) is 0 Å². The number of halogens is 1. The van der Waals surface area contributed by atoms with Crippen molar-refractivity contribution in [3.63, 3.8) is 0 Å². The lowest BCUT2D eigenvalue weighted by Gasteiger charge is -2.04. The van der Waals surface area contributed by atoms with Crippen molar-refractivity contribution in [3.8, 4) is 0 Å². The van der Waals surface area contributed by atoms with Crippen LogP contribution in [0.25, 0.3) is 0 Å². The summed E-state index contributed by atoms with van der Waals surface area (Å²) >= 11 is 5.63. The summed E-state index contributed by atoms with van der Waals surface area (Å²) in [6.45, 7) is 0. The van der Waals surface area contributed by atoms with Crippen LogP contribution in [-0.2, 0) is 15.4 Å². The molecule has 6 heteroatoms. The van der Waals surface area contributed by atoms with Gasteiger partial charge in [0.05, 0.1) is 14.2 Å². The first-order valence-electron chi connectivity index (χ1n) is 4.36. The first-order chi connectivity index (χ1) is 7.62. The largest absolute Gasteiger partial charge is 0.464 e. The Morgan fingerprint density at radius 3 is 1.94 bits per heavy atom. The number of hydrogen-bond donors (Lipinski definition) is 0. The lowest BCUT2D eigenvalue weighted by Crippen LogP contribution is -2.11. The molecule has 0 saturated heterocycles. The fraction of sp³-hybridized carbons (Fsp3) is 0.300. The standard InChI is InChI=1S/C10H10ClNO4/c1-15-9(13)7-3-6(5-11)4-8(12-7)10(14)16-2/h3-4H,5H2,1-2H3. The lowest BCUT2D eigenvalue weighted by atomic mass is 10.2. The molecule has 0 aliphatic carbocycles. The molecular weight excluding hydrogens is 234 g/mol. The van der Waals surface area contributed by atoms with E-state index in [-0.39, 0.29) is 17.3 Å². The Morgan fingerprint density at radius 1 is 1.19 bits per heavy atom. The molecule has 0 aromatic carbocycles. The Labute approximate surface area is 97.3 Å². The van der Waals surface area contributed by atoms with Crippen LogP contribution in [-0.4, -0.2) is 31.1 Å². The van der Waals surface area contributed by atoms with E-state index >= 15 is 0 Å². The van der Waals surface area contributed by atoms with E-state index in [2.05, 4.69) is 14.5 Å². The number of aromatic nitrogens is 1. The van der Waals surface area contributed by atoms with Gasteiger partial charge in [-0.1, -0.05) is 0 Å². The normalized spacial score (nSPS) is 9.69. The van der Waals surface area contributed by atoms with Crippen LogP contribution in [0.15, 0.2) is 12.1 Å². The lowest BCUT2D eigenvalue weighted by molar-refractivity contribution is 0.0585. The molecule has 0 aliphatic heterocycles. The second-order valence-electron chi connectivity index (χ2n) is 2.86. The molecule has 0 amide bonds. The quantitative estimate of drug-likeness (QED) is 0.593. The number of carbonyl (C=O) groups excluding carboxylic acids is 2. The first-order valence-corrected chi connectivity index (χ1v) is 4.89. The number of esters is 2. The molecule has 0 N–H and O–H groups in total. The molecule has 16 heavy (non-hydrogen) atoms. The third kappa shape index (κ3) is 2.70. The van der Waals surface area contributed by atoms with Crippen LogP contribution in [0.2, 0.25) is 0 Å². The van der Waals surface area contributed by atoms with Crippen LogP contribution < -0.4 is 0 Å². The van der Waals surface area contributed by atoms with Gasteiger partial charge in [-0.2, -0.15) is 0 Å². The van der Waals surface area contributed by atoms with Crippen molar-refractivity contribution in [2.24, 2.45) is 0 Å². The highest BCUT2D eigenvalue weighted by Gasteiger charge is 2.15. The number of rotatable bonds is 3. The van der Waals surface area contributed by atoms with Crippen LogP contribution >= 0.6 is 11.6 Å². The summed E-state index contributed by atoms with van der Waals surface area (Å²) in [6.07, 6.45) is 0. The number of pyridine rings is 1. The van der Waals surface area contributed by atoms with Crippen LogP contribution in [0.5, 0.6) is 0 Å². The molecule has 0 fully saturated rings. The topological polar surface area (TPSA) is 65.5 Å². The van der Waals surface area contributed by atoms with Crippen LogP contribution in [0.3, 0.4) is 0 Å². The number of nitrogens with zero attached hydrogens (tertiary/aromatic N) is 1. The molecule has 0 radical (unpaired) electrons. The van der Waals surface area contributed by atoms with Gasteiger partial charge >= 0.3 is 11.9 Å². The van der Waals surface area contributed by atoms with Gasteiger partial charge in [-0.25, -0.2) is 14.6 Å². The molecule has 1 rings (SSSR count). The monoisotopic (exact) mass is 243 g/mol. The molecule has 5 nitrogen and oxygen atoms in total. The minimum atomic E-state index is -0.628. The van der Waals surface area contributed by atoms with E-state index in [1.165, 1.54) is 26.4 Å². The van der Waals surface area contributed by atoms with Gasteiger partial charge in [0.15, 0.2) is 0 Å². The van der Waals surface area contributed by atoms with Gasteiger partial charge in [0.25, 0.3) is 0 Å². The average Bonchev–Trinajstić information content (AvgIpc) is 2.35. The van der Waals surface area contributed by atoms with Crippen LogP contribution in [0, 0.1) is 0 Å². The Kier molecular flexibility index (Phi) is 4.25. The van der Waals surface area contributed by atoms with E-state index in [0.29, 0.717) is 5.56 Å². The second-order valence-corrected chi connectivity index (χ2v) is 3.13. The zero-order valence-corrected chi connectivity index (χ0v) is 9.58. The minimum absolute atomic E-state index is 0.0288. The summed E-state index contributed by atoms with van der Waals surface area (Å²) in [5.74, 6) is -1.09. The number of carbonyl (C=O) groups is 2. The summed E-state index contributed by atoms with van der Waals surface area (Å²) in [6, 6.07) is 2.93. The van der Waals surface area contributed by atoms with E-state index < -0.39 is 11.9 Å². The Balaban J connectivity index is 3.20. The van der Waals surface area contributed by atoms with Crippen molar-refractivity contribution in [3.05, 3.63) is 29.1 Å². The van der Waals surface area contributed by atoms with E-state index in [9.17, 15) is 9.59 Å². The van der Waals surface area contributed by atoms with Crippen molar-refractivity contribution >= 4 is 23.5 Å². The van der Waals surface area contributed by atoms with Crippen LogP contribution in [0.1, 0.15) is 26.5 Å². The highest BCUT2D eigenvalue weighted by Crippen LogP contribution is 2.10. The van der Waals surface area contributed by atoms with Gasteiger partial charge in [0.1, 0.15) is 11.4 Å². The smallest absolute Gasteiger partial charge is 0.356 e. The van der Waals surface area contributed by atoms with E-state index in [1.54, 1.807) is 0 Å². The Morgan fingerprint density at radius 2 is 1.62 bits per heavy atom. The molecule has 0 atom stereocenters.